The molecule has 0 aliphatic rings. The van der Waals surface area contributed by atoms with Crippen LogP contribution in [-0.2, 0) is 17.7 Å². The molecule has 0 fully saturated rings. The molecule has 0 saturated carbocycles. The monoisotopic (exact) mass is 317 g/mol. The van der Waals surface area contributed by atoms with E-state index in [0.717, 1.165) is 18.5 Å². The molecule has 2 aromatic rings. The van der Waals surface area contributed by atoms with Crippen molar-refractivity contribution in [2.24, 2.45) is 0 Å². The van der Waals surface area contributed by atoms with E-state index < -0.39 is 5.60 Å². The third-order valence-corrected chi connectivity index (χ3v) is 3.39. The van der Waals surface area contributed by atoms with Crippen LogP contribution < -0.4 is 5.32 Å². The zero-order chi connectivity index (χ0) is 17.0. The van der Waals surface area contributed by atoms with Gasteiger partial charge in [0.25, 0.3) is 0 Å². The number of carbonyl (C=O) groups is 1. The maximum absolute atomic E-state index is 11.7. The number of amides is 1. The van der Waals surface area contributed by atoms with Crippen LogP contribution in [0.4, 0.5) is 4.79 Å². The van der Waals surface area contributed by atoms with Crippen molar-refractivity contribution in [3.8, 4) is 0 Å². The lowest BCUT2D eigenvalue weighted by Crippen LogP contribution is -2.33. The molecule has 5 heteroatoms. The fourth-order valence-electron chi connectivity index (χ4n) is 2.51. The molecule has 0 spiro atoms. The number of aromatic nitrogens is 1. The first kappa shape index (κ1) is 17.3. The number of rotatable bonds is 5. The highest BCUT2D eigenvalue weighted by Gasteiger charge is 2.15. The second-order valence-corrected chi connectivity index (χ2v) is 7.11. The summed E-state index contributed by atoms with van der Waals surface area (Å²) in [6, 6.07) is 6.47. The van der Waals surface area contributed by atoms with Gasteiger partial charge in [-0.2, -0.15) is 0 Å². The second kappa shape index (κ2) is 7.04. The lowest BCUT2D eigenvalue weighted by molar-refractivity contribution is 0.0528. The van der Waals surface area contributed by atoms with Crippen molar-refractivity contribution in [3.05, 3.63) is 35.5 Å². The molecule has 1 aromatic carbocycles. The van der Waals surface area contributed by atoms with E-state index in [2.05, 4.69) is 47.5 Å². The second-order valence-electron chi connectivity index (χ2n) is 7.11. The summed E-state index contributed by atoms with van der Waals surface area (Å²) in [5, 5.41) is 4.02. The third-order valence-electron chi connectivity index (χ3n) is 3.39. The minimum Gasteiger partial charge on any atom is -0.444 e. The molecule has 1 heterocycles. The molecule has 1 aromatic heterocycles. The average Bonchev–Trinajstić information content (AvgIpc) is 2.79. The number of alkyl carbamates (subject to hydrolysis) is 1. The number of nitrogens with one attached hydrogen (secondary N) is 2. The standard InChI is InChI=1S/C18H27N3O2/c1-18(2,3)23-17(22)19-9-8-14-11-20-16-7-6-13(10-15(14)16)12-21(4)5/h6-7,10-11,20H,8-9,12H2,1-5H3,(H,19,22). The summed E-state index contributed by atoms with van der Waals surface area (Å²) in [6.07, 6.45) is 2.41. The van der Waals surface area contributed by atoms with Gasteiger partial charge >= 0.3 is 6.09 Å². The third kappa shape index (κ3) is 5.28. The van der Waals surface area contributed by atoms with Crippen LogP contribution in [0.5, 0.6) is 0 Å². The van der Waals surface area contributed by atoms with Gasteiger partial charge in [-0.05, 0) is 64.5 Å². The van der Waals surface area contributed by atoms with Crippen molar-refractivity contribution in [1.82, 2.24) is 15.2 Å². The lowest BCUT2D eigenvalue weighted by atomic mass is 10.1. The lowest BCUT2D eigenvalue weighted by Gasteiger charge is -2.19. The Hall–Kier alpha value is -2.01. The highest BCUT2D eigenvalue weighted by Crippen LogP contribution is 2.21. The van der Waals surface area contributed by atoms with Gasteiger partial charge in [-0.1, -0.05) is 6.07 Å². The summed E-state index contributed by atoms with van der Waals surface area (Å²) >= 11 is 0. The van der Waals surface area contributed by atoms with Crippen molar-refractivity contribution >= 4 is 17.0 Å². The number of hydrogen-bond acceptors (Lipinski definition) is 3. The molecule has 0 radical (unpaired) electrons. The van der Waals surface area contributed by atoms with Gasteiger partial charge in [-0.25, -0.2) is 4.79 Å². The molecule has 2 rings (SSSR count). The van der Waals surface area contributed by atoms with Crippen molar-refractivity contribution in [1.29, 1.82) is 0 Å². The smallest absolute Gasteiger partial charge is 0.407 e. The summed E-state index contributed by atoms with van der Waals surface area (Å²) in [7, 11) is 4.12. The first-order valence-corrected chi connectivity index (χ1v) is 7.95. The molecular formula is C18H27N3O2. The number of aromatic amines is 1. The van der Waals surface area contributed by atoms with E-state index >= 15 is 0 Å². The first-order chi connectivity index (χ1) is 10.7. The van der Waals surface area contributed by atoms with E-state index in [-0.39, 0.29) is 6.09 Å². The number of carbonyl (C=O) groups excluding carboxylic acids is 1. The fourth-order valence-corrected chi connectivity index (χ4v) is 2.51. The Balaban J connectivity index is 1.99. The van der Waals surface area contributed by atoms with E-state index in [4.69, 9.17) is 4.74 Å². The quantitative estimate of drug-likeness (QED) is 0.889. The molecule has 23 heavy (non-hydrogen) atoms. The average molecular weight is 317 g/mol. The van der Waals surface area contributed by atoms with E-state index in [0.29, 0.717) is 6.54 Å². The van der Waals surface area contributed by atoms with Gasteiger partial charge in [0.2, 0.25) is 0 Å². The number of fused-ring (bicyclic) bond motifs is 1. The topological polar surface area (TPSA) is 57.4 Å². The van der Waals surface area contributed by atoms with Crippen LogP contribution in [0.25, 0.3) is 10.9 Å². The Bertz CT molecular complexity index is 668. The maximum atomic E-state index is 11.7. The molecule has 0 unspecified atom stereocenters. The van der Waals surface area contributed by atoms with Crippen molar-refractivity contribution in [3.63, 3.8) is 0 Å². The molecule has 0 saturated heterocycles. The summed E-state index contributed by atoms with van der Waals surface area (Å²) in [6.45, 7) is 7.05. The van der Waals surface area contributed by atoms with Crippen LogP contribution in [0.1, 0.15) is 31.9 Å². The molecule has 126 valence electrons. The van der Waals surface area contributed by atoms with Crippen LogP contribution in [-0.4, -0.2) is 42.2 Å². The maximum Gasteiger partial charge on any atom is 0.407 e. The van der Waals surface area contributed by atoms with E-state index in [1.165, 1.54) is 16.5 Å². The number of benzene rings is 1. The Morgan fingerprint density at radius 2 is 2.04 bits per heavy atom. The Morgan fingerprint density at radius 3 is 2.70 bits per heavy atom. The van der Waals surface area contributed by atoms with Crippen LogP contribution in [0.3, 0.4) is 0 Å². The highest BCUT2D eigenvalue weighted by atomic mass is 16.6. The van der Waals surface area contributed by atoms with Crippen molar-refractivity contribution in [2.75, 3.05) is 20.6 Å². The number of ether oxygens (including phenoxy) is 1. The van der Waals surface area contributed by atoms with Crippen LogP contribution in [0, 0.1) is 0 Å². The van der Waals surface area contributed by atoms with Crippen LogP contribution >= 0.6 is 0 Å². The van der Waals surface area contributed by atoms with Gasteiger partial charge in [0.1, 0.15) is 5.60 Å². The SMILES string of the molecule is CN(C)Cc1ccc2[nH]cc(CCNC(=O)OC(C)(C)C)c2c1. The first-order valence-electron chi connectivity index (χ1n) is 7.95. The Kier molecular flexibility index (Phi) is 5.31. The molecular weight excluding hydrogens is 290 g/mol. The Morgan fingerprint density at radius 1 is 1.30 bits per heavy atom. The fraction of sp³-hybridized carbons (Fsp3) is 0.500. The Labute approximate surface area is 138 Å². The number of hydrogen-bond donors (Lipinski definition) is 2. The van der Waals surface area contributed by atoms with Crippen molar-refractivity contribution in [2.45, 2.75) is 39.3 Å². The molecule has 0 aliphatic heterocycles. The highest BCUT2D eigenvalue weighted by molar-refractivity contribution is 5.84. The minimum atomic E-state index is -0.466. The van der Waals surface area contributed by atoms with Crippen LogP contribution in [0.2, 0.25) is 0 Å². The summed E-state index contributed by atoms with van der Waals surface area (Å²) in [4.78, 5) is 17.1. The molecule has 2 N–H and O–H groups in total. The molecule has 0 atom stereocenters. The van der Waals surface area contributed by atoms with E-state index in [1.54, 1.807) is 0 Å². The van der Waals surface area contributed by atoms with E-state index in [9.17, 15) is 4.79 Å². The van der Waals surface area contributed by atoms with E-state index in [1.807, 2.05) is 27.0 Å². The van der Waals surface area contributed by atoms with Gasteiger partial charge < -0.3 is 19.9 Å². The molecule has 0 bridgehead atoms. The summed E-state index contributed by atoms with van der Waals surface area (Å²) in [5.74, 6) is 0. The molecule has 1 amide bonds. The number of nitrogens with zero attached hydrogens (tertiary/aromatic N) is 1. The zero-order valence-corrected chi connectivity index (χ0v) is 14.7. The zero-order valence-electron chi connectivity index (χ0n) is 14.7. The normalized spacial score (nSPS) is 11.9. The summed E-state index contributed by atoms with van der Waals surface area (Å²) < 4.78 is 5.24. The van der Waals surface area contributed by atoms with Crippen molar-refractivity contribution < 1.29 is 9.53 Å². The van der Waals surface area contributed by atoms with Gasteiger partial charge in [-0.3, -0.25) is 0 Å². The minimum absolute atomic E-state index is 0.370. The van der Waals surface area contributed by atoms with Crippen LogP contribution in [0.15, 0.2) is 24.4 Å². The van der Waals surface area contributed by atoms with Gasteiger partial charge in [-0.15, -0.1) is 0 Å². The van der Waals surface area contributed by atoms with Gasteiger partial charge in [0.15, 0.2) is 0 Å². The molecule has 0 aliphatic carbocycles. The predicted octanol–water partition coefficient (Wildman–Crippen LogP) is 3.30. The largest absolute Gasteiger partial charge is 0.444 e. The van der Waals surface area contributed by atoms with Gasteiger partial charge in [0.05, 0.1) is 0 Å². The molecule has 5 nitrogen and oxygen atoms in total. The summed E-state index contributed by atoms with van der Waals surface area (Å²) in [5.41, 5.74) is 3.14. The van der Waals surface area contributed by atoms with Gasteiger partial charge in [0, 0.05) is 30.2 Å². The predicted molar refractivity (Wildman–Crippen MR) is 93.6 cm³/mol. The number of H-pyrrole nitrogens is 1.